The maximum absolute atomic E-state index is 13.8. The van der Waals surface area contributed by atoms with Crippen LogP contribution in [-0.2, 0) is 16.1 Å². The first-order valence-electron chi connectivity index (χ1n) is 11.9. The molecular weight excluding hydrogens is 455 g/mol. The lowest BCUT2D eigenvalue weighted by molar-refractivity contribution is -0.145. The van der Waals surface area contributed by atoms with Gasteiger partial charge in [-0.15, -0.1) is 0 Å². The number of nitrogens with zero attached hydrogens (tertiary/aromatic N) is 2. The summed E-state index contributed by atoms with van der Waals surface area (Å²) in [7, 11) is 0. The molecule has 0 aliphatic rings. The van der Waals surface area contributed by atoms with Gasteiger partial charge < -0.3 is 10.1 Å². The van der Waals surface area contributed by atoms with Crippen LogP contribution in [0.2, 0.25) is 0 Å². The SMILES string of the molecule is CC(C)c1c(N[C@@H](C)C(=O)OCc2ccccc2)nc2cc3[nH]ncc3cc2c1-c1ccc(F)cc1. The second-order valence-electron chi connectivity index (χ2n) is 9.20. The predicted molar refractivity (Wildman–Crippen MR) is 140 cm³/mol. The van der Waals surface area contributed by atoms with Crippen LogP contribution in [0.3, 0.4) is 0 Å². The average molecular weight is 483 g/mol. The number of nitrogens with one attached hydrogen (secondary N) is 2. The standard InChI is InChI=1S/C29H27FN4O2/c1-17(2)26-27(20-9-11-22(30)12-10-20)23-13-21-15-31-34-24(21)14-25(23)33-28(26)32-18(3)29(35)36-16-19-7-5-4-6-8-19/h4-15,17-18H,16H2,1-3H3,(H,31,34)(H,32,33)/t18-/m0/s1. The van der Waals surface area contributed by atoms with Gasteiger partial charge in [0.05, 0.1) is 17.2 Å². The molecule has 0 amide bonds. The third-order valence-corrected chi connectivity index (χ3v) is 6.22. The number of aromatic amines is 1. The summed E-state index contributed by atoms with van der Waals surface area (Å²) in [6, 6.07) is 19.4. The average Bonchev–Trinajstić information content (AvgIpc) is 3.33. The smallest absolute Gasteiger partial charge is 0.328 e. The number of rotatable bonds is 7. The molecule has 0 spiro atoms. The number of aromatic nitrogens is 3. The number of hydrogen-bond acceptors (Lipinski definition) is 5. The summed E-state index contributed by atoms with van der Waals surface area (Å²) in [5.74, 6) is -0.00624. The van der Waals surface area contributed by atoms with Gasteiger partial charge >= 0.3 is 5.97 Å². The molecule has 0 saturated heterocycles. The summed E-state index contributed by atoms with van der Waals surface area (Å²) in [6.45, 7) is 6.12. The van der Waals surface area contributed by atoms with Gasteiger partial charge in [0, 0.05) is 16.3 Å². The van der Waals surface area contributed by atoms with E-state index in [1.165, 1.54) is 12.1 Å². The Morgan fingerprint density at radius 3 is 2.53 bits per heavy atom. The van der Waals surface area contributed by atoms with Crippen LogP contribution in [0.15, 0.2) is 72.9 Å². The highest BCUT2D eigenvalue weighted by Gasteiger charge is 2.23. The van der Waals surface area contributed by atoms with E-state index in [9.17, 15) is 9.18 Å². The Bertz CT molecular complexity index is 1530. The van der Waals surface area contributed by atoms with Crippen molar-refractivity contribution in [3.05, 3.63) is 89.9 Å². The lowest BCUT2D eigenvalue weighted by atomic mass is 9.89. The zero-order chi connectivity index (χ0) is 25.2. The monoisotopic (exact) mass is 482 g/mol. The van der Waals surface area contributed by atoms with Crippen LogP contribution in [0.1, 0.15) is 37.8 Å². The van der Waals surface area contributed by atoms with E-state index in [1.807, 2.05) is 42.5 Å². The Labute approximate surface area is 208 Å². The highest BCUT2D eigenvalue weighted by molar-refractivity contribution is 6.05. The summed E-state index contributed by atoms with van der Waals surface area (Å²) in [5.41, 5.74) is 5.29. The number of fused-ring (bicyclic) bond motifs is 2. The molecule has 0 aliphatic carbocycles. The highest BCUT2D eigenvalue weighted by Crippen LogP contribution is 2.40. The number of pyridine rings is 1. The van der Waals surface area contributed by atoms with Gasteiger partial charge in [-0.3, -0.25) is 5.10 Å². The van der Waals surface area contributed by atoms with Crippen LogP contribution in [-0.4, -0.2) is 27.2 Å². The first-order chi connectivity index (χ1) is 17.4. The van der Waals surface area contributed by atoms with Crippen molar-refractivity contribution < 1.29 is 13.9 Å². The van der Waals surface area contributed by atoms with Crippen LogP contribution < -0.4 is 5.32 Å². The number of H-pyrrole nitrogens is 1. The van der Waals surface area contributed by atoms with Crippen molar-refractivity contribution in [3.8, 4) is 11.1 Å². The second kappa shape index (κ2) is 9.77. The van der Waals surface area contributed by atoms with Crippen molar-refractivity contribution in [2.24, 2.45) is 0 Å². The molecular formula is C29H27FN4O2. The molecule has 0 aliphatic heterocycles. The number of halogens is 1. The number of carbonyl (C=O) groups is 1. The third-order valence-electron chi connectivity index (χ3n) is 6.22. The minimum Gasteiger partial charge on any atom is -0.459 e. The molecule has 2 heterocycles. The molecule has 5 aromatic rings. The summed E-state index contributed by atoms with van der Waals surface area (Å²) >= 11 is 0. The Hall–Kier alpha value is -4.26. The molecule has 0 bridgehead atoms. The van der Waals surface area contributed by atoms with Crippen LogP contribution in [0, 0.1) is 5.82 Å². The number of anilines is 1. The van der Waals surface area contributed by atoms with Crippen molar-refractivity contribution in [1.82, 2.24) is 15.2 Å². The van der Waals surface area contributed by atoms with Gasteiger partial charge in [-0.25, -0.2) is 14.2 Å². The van der Waals surface area contributed by atoms with Gasteiger partial charge in [-0.05, 0) is 53.8 Å². The Balaban J connectivity index is 1.58. The number of esters is 1. The van der Waals surface area contributed by atoms with Gasteiger partial charge in [0.1, 0.15) is 24.3 Å². The summed E-state index contributed by atoms with van der Waals surface area (Å²) < 4.78 is 19.3. The van der Waals surface area contributed by atoms with E-state index in [2.05, 4.69) is 29.4 Å². The van der Waals surface area contributed by atoms with Crippen LogP contribution in [0.25, 0.3) is 32.9 Å². The molecule has 0 fully saturated rings. The van der Waals surface area contributed by atoms with E-state index < -0.39 is 6.04 Å². The maximum Gasteiger partial charge on any atom is 0.328 e. The zero-order valence-electron chi connectivity index (χ0n) is 20.4. The Morgan fingerprint density at radius 1 is 1.06 bits per heavy atom. The molecule has 2 aromatic heterocycles. The summed E-state index contributed by atoms with van der Waals surface area (Å²) in [6.07, 6.45) is 1.77. The number of carbonyl (C=O) groups excluding carboxylic acids is 1. The quantitative estimate of drug-likeness (QED) is 0.256. The summed E-state index contributed by atoms with van der Waals surface area (Å²) in [4.78, 5) is 17.8. The van der Waals surface area contributed by atoms with Gasteiger partial charge in [0.2, 0.25) is 0 Å². The molecule has 3 aromatic carbocycles. The highest BCUT2D eigenvalue weighted by atomic mass is 19.1. The lowest BCUT2D eigenvalue weighted by Crippen LogP contribution is -2.29. The molecule has 2 N–H and O–H groups in total. The van der Waals surface area contributed by atoms with Crippen molar-refractivity contribution in [2.45, 2.75) is 39.3 Å². The zero-order valence-corrected chi connectivity index (χ0v) is 20.4. The molecule has 0 unspecified atom stereocenters. The van der Waals surface area contributed by atoms with Crippen LogP contribution in [0.5, 0.6) is 0 Å². The molecule has 5 rings (SSSR count). The molecule has 6 nitrogen and oxygen atoms in total. The second-order valence-corrected chi connectivity index (χ2v) is 9.20. The largest absolute Gasteiger partial charge is 0.459 e. The maximum atomic E-state index is 13.8. The lowest BCUT2D eigenvalue weighted by Gasteiger charge is -2.23. The molecule has 7 heteroatoms. The van der Waals surface area contributed by atoms with Gasteiger partial charge in [-0.2, -0.15) is 5.10 Å². The molecule has 36 heavy (non-hydrogen) atoms. The first-order valence-corrected chi connectivity index (χ1v) is 11.9. The van der Waals surface area contributed by atoms with E-state index in [-0.39, 0.29) is 24.3 Å². The van der Waals surface area contributed by atoms with E-state index in [4.69, 9.17) is 9.72 Å². The minimum atomic E-state index is -0.631. The van der Waals surface area contributed by atoms with E-state index >= 15 is 0 Å². The minimum absolute atomic E-state index is 0.0667. The fraction of sp³-hybridized carbons (Fsp3) is 0.207. The van der Waals surface area contributed by atoms with Crippen LogP contribution in [0.4, 0.5) is 10.2 Å². The van der Waals surface area contributed by atoms with Gasteiger partial charge in [0.15, 0.2) is 0 Å². The van der Waals surface area contributed by atoms with Gasteiger partial charge in [0.25, 0.3) is 0 Å². The predicted octanol–water partition coefficient (Wildman–Crippen LogP) is 6.58. The number of hydrogen-bond donors (Lipinski definition) is 2. The van der Waals surface area contributed by atoms with Crippen molar-refractivity contribution in [3.63, 3.8) is 0 Å². The van der Waals surface area contributed by atoms with Crippen molar-refractivity contribution in [2.75, 3.05) is 5.32 Å². The van der Waals surface area contributed by atoms with Crippen molar-refractivity contribution in [1.29, 1.82) is 0 Å². The third kappa shape index (κ3) is 4.64. The molecule has 0 radical (unpaired) electrons. The fourth-order valence-electron chi connectivity index (χ4n) is 4.43. The Morgan fingerprint density at radius 2 is 1.81 bits per heavy atom. The van der Waals surface area contributed by atoms with Crippen molar-refractivity contribution >= 4 is 33.6 Å². The summed E-state index contributed by atoms with van der Waals surface area (Å²) in [5, 5.41) is 12.3. The van der Waals surface area contributed by atoms with Crippen LogP contribution >= 0.6 is 0 Å². The van der Waals surface area contributed by atoms with E-state index in [0.29, 0.717) is 5.82 Å². The van der Waals surface area contributed by atoms with E-state index in [0.717, 1.165) is 44.1 Å². The number of ether oxygens (including phenoxy) is 1. The van der Waals surface area contributed by atoms with Gasteiger partial charge in [-0.1, -0.05) is 56.3 Å². The van der Waals surface area contributed by atoms with E-state index in [1.54, 1.807) is 25.3 Å². The number of benzene rings is 3. The first kappa shape index (κ1) is 23.5. The topological polar surface area (TPSA) is 79.9 Å². The normalized spacial score (nSPS) is 12.2. The molecule has 182 valence electrons. The Kier molecular flexibility index (Phi) is 6.38. The fourth-order valence-corrected chi connectivity index (χ4v) is 4.43. The molecule has 0 saturated carbocycles. The molecule has 1 atom stereocenters.